The summed E-state index contributed by atoms with van der Waals surface area (Å²) in [5.41, 5.74) is 13.6. The minimum Gasteiger partial charge on any atom is -0.439 e. The Labute approximate surface area is 151 Å². The van der Waals surface area contributed by atoms with E-state index in [1.54, 1.807) is 24.4 Å². The summed E-state index contributed by atoms with van der Waals surface area (Å²) in [7, 11) is 0. The Morgan fingerprint density at radius 3 is 2.67 bits per heavy atom. The van der Waals surface area contributed by atoms with Gasteiger partial charge in [0.15, 0.2) is 5.58 Å². The van der Waals surface area contributed by atoms with Crippen LogP contribution in [0.4, 0.5) is 14.0 Å². The molecule has 4 amide bonds. The number of carbonyl (C=O) groups is 2. The Kier molecular flexibility index (Phi) is 3.76. The van der Waals surface area contributed by atoms with Crippen molar-refractivity contribution >= 4 is 34.1 Å². The highest BCUT2D eigenvalue weighted by Crippen LogP contribution is 2.31. The van der Waals surface area contributed by atoms with Crippen molar-refractivity contribution in [1.29, 1.82) is 0 Å². The van der Waals surface area contributed by atoms with E-state index in [-0.39, 0.29) is 18.3 Å². The molecule has 0 saturated carbocycles. The monoisotopic (exact) mass is 367 g/mol. The average molecular weight is 367 g/mol. The average Bonchev–Trinajstić information content (AvgIpc) is 3.21. The molecule has 136 valence electrons. The number of carbonyl (C=O) groups excluding carboxylic acids is 2. The molecule has 4 aromatic rings. The predicted octanol–water partition coefficient (Wildman–Crippen LogP) is 3.07. The van der Waals surface area contributed by atoms with Gasteiger partial charge in [-0.05, 0) is 35.9 Å². The number of urea groups is 2. The minimum atomic E-state index is -0.989. The van der Waals surface area contributed by atoms with Crippen molar-refractivity contribution in [1.82, 2.24) is 14.9 Å². The van der Waals surface area contributed by atoms with Crippen molar-refractivity contribution in [2.24, 2.45) is 11.5 Å². The van der Waals surface area contributed by atoms with E-state index < -0.39 is 12.1 Å². The van der Waals surface area contributed by atoms with Crippen LogP contribution in [0.15, 0.2) is 47.0 Å². The predicted molar refractivity (Wildman–Crippen MR) is 96.0 cm³/mol. The van der Waals surface area contributed by atoms with Crippen molar-refractivity contribution in [3.05, 3.63) is 54.3 Å². The van der Waals surface area contributed by atoms with Gasteiger partial charge < -0.3 is 20.9 Å². The van der Waals surface area contributed by atoms with E-state index in [2.05, 4.69) is 9.97 Å². The lowest BCUT2D eigenvalue weighted by Gasteiger charge is -2.12. The number of imide groups is 1. The van der Waals surface area contributed by atoms with Crippen molar-refractivity contribution in [3.63, 3.8) is 0 Å². The molecule has 27 heavy (non-hydrogen) atoms. The van der Waals surface area contributed by atoms with Crippen LogP contribution in [0, 0.1) is 5.82 Å². The molecule has 2 aromatic heterocycles. The van der Waals surface area contributed by atoms with Crippen molar-refractivity contribution in [2.75, 3.05) is 0 Å². The van der Waals surface area contributed by atoms with Gasteiger partial charge in [0.25, 0.3) is 0 Å². The maximum atomic E-state index is 13.4. The number of H-pyrrole nitrogens is 1. The molecule has 8 nitrogen and oxygen atoms in total. The number of nitrogens with zero attached hydrogens (tertiary/aromatic N) is 2. The zero-order valence-electron chi connectivity index (χ0n) is 13.9. The largest absolute Gasteiger partial charge is 0.439 e. The summed E-state index contributed by atoms with van der Waals surface area (Å²) in [4.78, 5) is 30.4. The Morgan fingerprint density at radius 2 is 1.93 bits per heavy atom. The number of primary amides is 2. The van der Waals surface area contributed by atoms with Gasteiger partial charge in [0.2, 0.25) is 5.89 Å². The first-order chi connectivity index (χ1) is 12.9. The van der Waals surface area contributed by atoms with E-state index in [0.717, 1.165) is 16.5 Å². The summed E-state index contributed by atoms with van der Waals surface area (Å²) in [5.74, 6) is -0.194. The second-order valence-electron chi connectivity index (χ2n) is 5.94. The Morgan fingerprint density at radius 1 is 1.15 bits per heavy atom. The Bertz CT molecular complexity index is 1180. The Balaban J connectivity index is 1.72. The second-order valence-corrected chi connectivity index (χ2v) is 5.94. The number of aromatic nitrogens is 2. The summed E-state index contributed by atoms with van der Waals surface area (Å²) in [5, 5.41) is 0.865. The number of oxazole rings is 1. The lowest BCUT2D eigenvalue weighted by molar-refractivity contribution is 0.191. The van der Waals surface area contributed by atoms with Crippen LogP contribution in [0.1, 0.15) is 5.89 Å². The summed E-state index contributed by atoms with van der Waals surface area (Å²) in [6.07, 6.45) is 1.78. The van der Waals surface area contributed by atoms with Gasteiger partial charge in [0.1, 0.15) is 17.9 Å². The van der Waals surface area contributed by atoms with Crippen LogP contribution >= 0.6 is 0 Å². The van der Waals surface area contributed by atoms with Crippen LogP contribution in [0.2, 0.25) is 0 Å². The number of rotatable bonds is 3. The highest BCUT2D eigenvalue weighted by atomic mass is 19.1. The van der Waals surface area contributed by atoms with Gasteiger partial charge >= 0.3 is 12.1 Å². The standard InChI is InChI=1S/C18H14FN5O3/c19-10-2-3-11-12(7-22-14(11)6-10)9-1-4-13-15(5-9)27-16(23-13)8-24(17(20)25)18(21)26/h1-7,22H,8H2,(H2,20,25)(H2,21,26). The number of halogens is 1. The van der Waals surface area contributed by atoms with Crippen molar-refractivity contribution in [3.8, 4) is 11.1 Å². The van der Waals surface area contributed by atoms with Gasteiger partial charge in [0.05, 0.1) is 0 Å². The number of fused-ring (bicyclic) bond motifs is 2. The number of nitrogens with two attached hydrogens (primary N) is 2. The zero-order chi connectivity index (χ0) is 19.1. The second kappa shape index (κ2) is 6.13. The van der Waals surface area contributed by atoms with Crippen LogP contribution < -0.4 is 11.5 Å². The van der Waals surface area contributed by atoms with E-state index in [1.165, 1.54) is 12.1 Å². The SMILES string of the molecule is NC(=O)N(Cc1nc2ccc(-c3c[nH]c4cc(F)ccc34)cc2o1)C(N)=O. The molecule has 0 saturated heterocycles. The first-order valence-corrected chi connectivity index (χ1v) is 7.95. The molecular formula is C18H14FN5O3. The molecular weight excluding hydrogens is 353 g/mol. The fourth-order valence-corrected chi connectivity index (χ4v) is 2.94. The van der Waals surface area contributed by atoms with Crippen molar-refractivity contribution < 1.29 is 18.4 Å². The Hall–Kier alpha value is -3.88. The lowest BCUT2D eigenvalue weighted by Crippen LogP contribution is -2.43. The summed E-state index contributed by atoms with van der Waals surface area (Å²) in [6.45, 7) is -0.263. The summed E-state index contributed by atoms with van der Waals surface area (Å²) >= 11 is 0. The first-order valence-electron chi connectivity index (χ1n) is 7.95. The van der Waals surface area contributed by atoms with Gasteiger partial charge in [0, 0.05) is 22.7 Å². The molecule has 0 aliphatic carbocycles. The van der Waals surface area contributed by atoms with Crippen LogP contribution in [-0.4, -0.2) is 26.9 Å². The third kappa shape index (κ3) is 2.95. The molecule has 9 heteroatoms. The van der Waals surface area contributed by atoms with E-state index in [4.69, 9.17) is 15.9 Å². The molecule has 0 atom stereocenters. The highest BCUT2D eigenvalue weighted by molar-refractivity contribution is 5.97. The molecule has 0 radical (unpaired) electrons. The number of amides is 4. The van der Waals surface area contributed by atoms with Gasteiger partial charge in [-0.25, -0.2) is 23.9 Å². The van der Waals surface area contributed by atoms with E-state index in [1.807, 2.05) is 6.07 Å². The van der Waals surface area contributed by atoms with Crippen LogP contribution in [0.25, 0.3) is 33.1 Å². The molecule has 5 N–H and O–H groups in total. The maximum Gasteiger partial charge on any atom is 0.323 e. The molecule has 2 heterocycles. The topological polar surface area (TPSA) is 131 Å². The van der Waals surface area contributed by atoms with E-state index in [0.29, 0.717) is 21.5 Å². The molecule has 0 aliphatic rings. The summed E-state index contributed by atoms with van der Waals surface area (Å²) < 4.78 is 19.0. The van der Waals surface area contributed by atoms with Gasteiger partial charge in [-0.2, -0.15) is 0 Å². The number of aromatic amines is 1. The van der Waals surface area contributed by atoms with Gasteiger partial charge in [-0.15, -0.1) is 0 Å². The van der Waals surface area contributed by atoms with E-state index in [9.17, 15) is 14.0 Å². The third-order valence-corrected chi connectivity index (χ3v) is 4.21. The lowest BCUT2D eigenvalue weighted by atomic mass is 10.0. The number of nitrogens with one attached hydrogen (secondary N) is 1. The first kappa shape index (κ1) is 16.6. The zero-order valence-corrected chi connectivity index (χ0v) is 13.9. The molecule has 0 aliphatic heterocycles. The fourth-order valence-electron chi connectivity index (χ4n) is 2.94. The van der Waals surface area contributed by atoms with Crippen LogP contribution in [-0.2, 0) is 6.54 Å². The van der Waals surface area contributed by atoms with Gasteiger partial charge in [-0.3, -0.25) is 0 Å². The van der Waals surface area contributed by atoms with Gasteiger partial charge in [-0.1, -0.05) is 6.07 Å². The normalized spacial score (nSPS) is 11.1. The van der Waals surface area contributed by atoms with E-state index >= 15 is 0 Å². The van der Waals surface area contributed by atoms with Crippen LogP contribution in [0.5, 0.6) is 0 Å². The molecule has 0 spiro atoms. The molecule has 0 bridgehead atoms. The number of benzene rings is 2. The molecule has 0 unspecified atom stereocenters. The summed E-state index contributed by atoms with van der Waals surface area (Å²) in [6, 6.07) is 7.91. The van der Waals surface area contributed by atoms with Crippen LogP contribution in [0.3, 0.4) is 0 Å². The third-order valence-electron chi connectivity index (χ3n) is 4.21. The highest BCUT2D eigenvalue weighted by Gasteiger charge is 2.19. The maximum absolute atomic E-state index is 13.4. The molecule has 0 fully saturated rings. The minimum absolute atomic E-state index is 0.126. The molecule has 4 rings (SSSR count). The van der Waals surface area contributed by atoms with Crippen molar-refractivity contribution in [2.45, 2.75) is 6.54 Å². The quantitative estimate of drug-likeness (QED) is 0.513. The fraction of sp³-hybridized carbons (Fsp3) is 0.0556. The molecule has 2 aromatic carbocycles. The smallest absolute Gasteiger partial charge is 0.323 e. The number of hydrogen-bond donors (Lipinski definition) is 3. The number of hydrogen-bond acceptors (Lipinski definition) is 4.